The van der Waals surface area contributed by atoms with Gasteiger partial charge in [-0.1, -0.05) is 233 Å². The molecule has 310 valence electrons. The summed E-state index contributed by atoms with van der Waals surface area (Å²) in [5.74, 6) is -0.379. The maximum atomic E-state index is 12.7. The highest BCUT2D eigenvalue weighted by Gasteiger charge is 2.17. The standard InChI is InChI=1S/C47H92O5/c1-4-7-10-13-16-19-21-23-25-27-30-33-36-39-42-50-43-45(52-47(49)41-38-35-32-28-18-15-12-9-6-3)44-51-46(48)40-37-34-31-29-26-24-22-20-17-14-11-8-5-2/h45H,4-44H2,1-3H3. The molecule has 0 saturated carbocycles. The minimum absolute atomic E-state index is 0.0967. The van der Waals surface area contributed by atoms with Gasteiger partial charge >= 0.3 is 11.9 Å². The molecule has 0 aliphatic heterocycles. The van der Waals surface area contributed by atoms with Crippen LogP contribution in [0.25, 0.3) is 0 Å². The Balaban J connectivity index is 4.15. The summed E-state index contributed by atoms with van der Waals surface area (Å²) in [7, 11) is 0. The summed E-state index contributed by atoms with van der Waals surface area (Å²) in [5.41, 5.74) is 0. The van der Waals surface area contributed by atoms with E-state index in [1.54, 1.807) is 0 Å². The van der Waals surface area contributed by atoms with E-state index in [2.05, 4.69) is 20.8 Å². The molecule has 0 spiro atoms. The highest BCUT2D eigenvalue weighted by atomic mass is 16.6. The normalized spacial score (nSPS) is 12.0. The Labute approximate surface area is 325 Å². The fourth-order valence-corrected chi connectivity index (χ4v) is 7.10. The van der Waals surface area contributed by atoms with Crippen molar-refractivity contribution in [2.45, 2.75) is 271 Å². The van der Waals surface area contributed by atoms with Crippen LogP contribution >= 0.6 is 0 Å². The predicted octanol–water partition coefficient (Wildman–Crippen LogP) is 15.3. The number of ether oxygens (including phenoxy) is 3. The fourth-order valence-electron chi connectivity index (χ4n) is 7.10. The summed E-state index contributed by atoms with van der Waals surface area (Å²) in [6.45, 7) is 7.87. The van der Waals surface area contributed by atoms with E-state index in [4.69, 9.17) is 14.2 Å². The third kappa shape index (κ3) is 41.7. The Morgan fingerprint density at radius 1 is 0.346 bits per heavy atom. The van der Waals surface area contributed by atoms with Crippen molar-refractivity contribution in [3.8, 4) is 0 Å². The Kier molecular flexibility index (Phi) is 43.4. The first kappa shape index (κ1) is 50.9. The highest BCUT2D eigenvalue weighted by molar-refractivity contribution is 5.70. The average molecular weight is 737 g/mol. The minimum atomic E-state index is -0.520. The molecule has 0 amide bonds. The Morgan fingerprint density at radius 2 is 0.635 bits per heavy atom. The Morgan fingerprint density at radius 3 is 0.981 bits per heavy atom. The smallest absolute Gasteiger partial charge is 0.306 e. The summed E-state index contributed by atoms with van der Waals surface area (Å²) < 4.78 is 17.3. The third-order valence-electron chi connectivity index (χ3n) is 10.6. The number of hydrogen-bond acceptors (Lipinski definition) is 5. The predicted molar refractivity (Wildman–Crippen MR) is 224 cm³/mol. The van der Waals surface area contributed by atoms with Crippen LogP contribution in [0.1, 0.15) is 265 Å². The number of carbonyl (C=O) groups is 2. The fraction of sp³-hybridized carbons (Fsp3) is 0.957. The van der Waals surface area contributed by atoms with E-state index in [1.807, 2.05) is 0 Å². The number of esters is 2. The summed E-state index contributed by atoms with van der Waals surface area (Å²) in [6.07, 6.45) is 46.7. The molecule has 0 fully saturated rings. The van der Waals surface area contributed by atoms with Crippen molar-refractivity contribution >= 4 is 11.9 Å². The molecule has 0 saturated heterocycles. The molecule has 0 aliphatic rings. The monoisotopic (exact) mass is 737 g/mol. The van der Waals surface area contributed by atoms with Crippen LogP contribution in [0.4, 0.5) is 0 Å². The molecule has 0 N–H and O–H groups in total. The first-order chi connectivity index (χ1) is 25.6. The van der Waals surface area contributed by atoms with Crippen LogP contribution in [-0.4, -0.2) is 37.9 Å². The molecule has 52 heavy (non-hydrogen) atoms. The van der Waals surface area contributed by atoms with E-state index >= 15 is 0 Å². The lowest BCUT2D eigenvalue weighted by atomic mass is 10.0. The van der Waals surface area contributed by atoms with Gasteiger partial charge < -0.3 is 14.2 Å². The van der Waals surface area contributed by atoms with Crippen LogP contribution in [0.2, 0.25) is 0 Å². The van der Waals surface area contributed by atoms with Gasteiger partial charge in [0.25, 0.3) is 0 Å². The zero-order chi connectivity index (χ0) is 37.8. The summed E-state index contributed by atoms with van der Waals surface area (Å²) in [4.78, 5) is 25.2. The molecule has 0 aromatic carbocycles. The van der Waals surface area contributed by atoms with Crippen LogP contribution in [0.5, 0.6) is 0 Å². The zero-order valence-corrected chi connectivity index (χ0v) is 35.6. The van der Waals surface area contributed by atoms with Gasteiger partial charge in [0.15, 0.2) is 6.10 Å². The van der Waals surface area contributed by atoms with Crippen molar-refractivity contribution < 1.29 is 23.8 Å². The SMILES string of the molecule is CCCCCCCCCCCCCCCCOCC(COC(=O)CCCCCCCCCCCCCCC)OC(=O)CCCCCCCCCCC. The van der Waals surface area contributed by atoms with Crippen LogP contribution in [0.3, 0.4) is 0 Å². The summed E-state index contributed by atoms with van der Waals surface area (Å²) >= 11 is 0. The van der Waals surface area contributed by atoms with Crippen LogP contribution in [0.15, 0.2) is 0 Å². The first-order valence-corrected chi connectivity index (χ1v) is 23.6. The topological polar surface area (TPSA) is 61.8 Å². The van der Waals surface area contributed by atoms with E-state index in [9.17, 15) is 9.59 Å². The molecular formula is C47H92O5. The molecular weight excluding hydrogens is 645 g/mol. The Hall–Kier alpha value is -1.10. The van der Waals surface area contributed by atoms with E-state index < -0.39 is 6.10 Å². The number of rotatable bonds is 44. The lowest BCUT2D eigenvalue weighted by Crippen LogP contribution is -2.30. The van der Waals surface area contributed by atoms with Crippen LogP contribution in [0, 0.1) is 0 Å². The van der Waals surface area contributed by atoms with Gasteiger partial charge in [-0.3, -0.25) is 9.59 Å². The average Bonchev–Trinajstić information content (AvgIpc) is 3.14. The molecule has 0 rings (SSSR count). The lowest BCUT2D eigenvalue weighted by molar-refractivity contribution is -0.163. The van der Waals surface area contributed by atoms with Crippen molar-refractivity contribution in [1.29, 1.82) is 0 Å². The molecule has 1 unspecified atom stereocenters. The van der Waals surface area contributed by atoms with Crippen LogP contribution < -0.4 is 0 Å². The van der Waals surface area contributed by atoms with Gasteiger partial charge in [0.2, 0.25) is 0 Å². The molecule has 0 aromatic heterocycles. The zero-order valence-electron chi connectivity index (χ0n) is 35.6. The lowest BCUT2D eigenvalue weighted by Gasteiger charge is -2.18. The molecule has 5 nitrogen and oxygen atoms in total. The van der Waals surface area contributed by atoms with Gasteiger partial charge in [0, 0.05) is 19.4 Å². The van der Waals surface area contributed by atoms with Crippen LogP contribution in [-0.2, 0) is 23.8 Å². The highest BCUT2D eigenvalue weighted by Crippen LogP contribution is 2.16. The van der Waals surface area contributed by atoms with Crippen molar-refractivity contribution in [2.75, 3.05) is 19.8 Å². The number of unbranched alkanes of at least 4 members (excludes halogenated alkanes) is 33. The van der Waals surface area contributed by atoms with Crippen molar-refractivity contribution in [3.05, 3.63) is 0 Å². The third-order valence-corrected chi connectivity index (χ3v) is 10.6. The first-order valence-electron chi connectivity index (χ1n) is 23.6. The minimum Gasteiger partial charge on any atom is -0.462 e. The van der Waals surface area contributed by atoms with E-state index in [0.717, 1.165) is 32.1 Å². The second kappa shape index (κ2) is 44.3. The quantitative estimate of drug-likeness (QED) is 0.0460. The van der Waals surface area contributed by atoms with Gasteiger partial charge in [-0.05, 0) is 19.3 Å². The molecule has 5 heteroatoms. The van der Waals surface area contributed by atoms with Crippen molar-refractivity contribution in [2.24, 2.45) is 0 Å². The van der Waals surface area contributed by atoms with Gasteiger partial charge in [-0.15, -0.1) is 0 Å². The molecule has 0 radical (unpaired) electrons. The molecule has 0 aromatic rings. The second-order valence-electron chi connectivity index (χ2n) is 16.0. The van der Waals surface area contributed by atoms with Gasteiger partial charge in [-0.25, -0.2) is 0 Å². The van der Waals surface area contributed by atoms with E-state index in [-0.39, 0.29) is 18.5 Å². The van der Waals surface area contributed by atoms with Crippen molar-refractivity contribution in [3.63, 3.8) is 0 Å². The summed E-state index contributed by atoms with van der Waals surface area (Å²) in [5, 5.41) is 0. The molecule has 0 heterocycles. The molecule has 0 aliphatic carbocycles. The van der Waals surface area contributed by atoms with E-state index in [0.29, 0.717) is 26.1 Å². The van der Waals surface area contributed by atoms with Gasteiger partial charge in [0.1, 0.15) is 6.61 Å². The number of hydrogen-bond donors (Lipinski definition) is 0. The summed E-state index contributed by atoms with van der Waals surface area (Å²) in [6, 6.07) is 0. The Bertz CT molecular complexity index is 710. The number of carbonyl (C=O) groups excluding carboxylic acids is 2. The van der Waals surface area contributed by atoms with E-state index in [1.165, 1.54) is 199 Å². The molecule has 0 bridgehead atoms. The molecule has 1 atom stereocenters. The van der Waals surface area contributed by atoms with Gasteiger partial charge in [0.05, 0.1) is 6.61 Å². The maximum absolute atomic E-state index is 12.7. The maximum Gasteiger partial charge on any atom is 0.306 e. The largest absolute Gasteiger partial charge is 0.462 e. The van der Waals surface area contributed by atoms with Crippen molar-refractivity contribution in [1.82, 2.24) is 0 Å². The van der Waals surface area contributed by atoms with Gasteiger partial charge in [-0.2, -0.15) is 0 Å². The second-order valence-corrected chi connectivity index (χ2v) is 16.0.